The number of nitriles is 1. The minimum absolute atomic E-state index is 0.0841. The van der Waals surface area contributed by atoms with Gasteiger partial charge in [-0.3, -0.25) is 0 Å². The maximum Gasteiger partial charge on any atom is 0.328 e. The highest BCUT2D eigenvalue weighted by molar-refractivity contribution is 5.92. The Hall–Kier alpha value is -2.66. The number of urea groups is 1. The Bertz CT molecular complexity index is 568. The van der Waals surface area contributed by atoms with Gasteiger partial charge in [0.05, 0.1) is 23.4 Å². The van der Waals surface area contributed by atoms with E-state index in [4.69, 9.17) is 10.4 Å². The first-order valence-corrected chi connectivity index (χ1v) is 5.53. The van der Waals surface area contributed by atoms with Gasteiger partial charge in [0.25, 0.3) is 0 Å². The Labute approximate surface area is 113 Å². The molecule has 1 aromatic carbocycles. The molecule has 0 saturated heterocycles. The van der Waals surface area contributed by atoms with Gasteiger partial charge in [-0.2, -0.15) is 5.26 Å². The number of hydrogen-bond acceptors (Lipinski definition) is 4. The lowest BCUT2D eigenvalue weighted by Crippen LogP contribution is -2.49. The van der Waals surface area contributed by atoms with Crippen LogP contribution in [0.5, 0.6) is 0 Å². The summed E-state index contributed by atoms with van der Waals surface area (Å²) in [5.41, 5.74) is -0.128. The van der Waals surface area contributed by atoms with Crippen LogP contribution in [0.4, 0.5) is 14.9 Å². The summed E-state index contributed by atoms with van der Waals surface area (Å²) in [6, 6.07) is 2.63. The van der Waals surface area contributed by atoms with Crippen molar-refractivity contribution in [3.05, 3.63) is 29.6 Å². The number of anilines is 1. The third-order valence-corrected chi connectivity index (χ3v) is 2.38. The van der Waals surface area contributed by atoms with Crippen LogP contribution >= 0.6 is 0 Å². The van der Waals surface area contributed by atoms with E-state index in [1.165, 1.54) is 19.1 Å². The standard InChI is InChI=1S/C12H12FN3O4/c1-6(17)10(11(18)19)16-12(20)15-9-3-2-7(5-14)4-8(9)13/h2-4,6,10,17H,1H3,(H,18,19)(H2,15,16,20). The van der Waals surface area contributed by atoms with Crippen molar-refractivity contribution < 1.29 is 24.2 Å². The van der Waals surface area contributed by atoms with Crippen molar-refractivity contribution in [2.24, 2.45) is 0 Å². The summed E-state index contributed by atoms with van der Waals surface area (Å²) in [6.45, 7) is 1.20. The van der Waals surface area contributed by atoms with Crippen molar-refractivity contribution >= 4 is 17.7 Å². The van der Waals surface area contributed by atoms with Gasteiger partial charge in [0.1, 0.15) is 5.82 Å². The van der Waals surface area contributed by atoms with E-state index in [2.05, 4.69) is 5.32 Å². The van der Waals surface area contributed by atoms with Gasteiger partial charge in [0.2, 0.25) is 0 Å². The molecule has 0 aliphatic rings. The zero-order valence-electron chi connectivity index (χ0n) is 10.4. The van der Waals surface area contributed by atoms with E-state index >= 15 is 0 Å². The minimum Gasteiger partial charge on any atom is -0.480 e. The van der Waals surface area contributed by atoms with Crippen molar-refractivity contribution in [1.82, 2.24) is 5.32 Å². The van der Waals surface area contributed by atoms with E-state index in [0.29, 0.717) is 0 Å². The molecule has 0 aromatic heterocycles. The van der Waals surface area contributed by atoms with Gasteiger partial charge in [-0.05, 0) is 25.1 Å². The number of aliphatic hydroxyl groups is 1. The van der Waals surface area contributed by atoms with Gasteiger partial charge >= 0.3 is 12.0 Å². The lowest BCUT2D eigenvalue weighted by molar-refractivity contribution is -0.141. The number of benzene rings is 1. The molecule has 0 radical (unpaired) electrons. The fourth-order valence-corrected chi connectivity index (χ4v) is 1.37. The highest BCUT2D eigenvalue weighted by Gasteiger charge is 2.25. The predicted molar refractivity (Wildman–Crippen MR) is 66.4 cm³/mol. The number of carboxylic acids is 1. The van der Waals surface area contributed by atoms with Gasteiger partial charge < -0.3 is 20.8 Å². The normalized spacial score (nSPS) is 12.9. The van der Waals surface area contributed by atoms with E-state index in [-0.39, 0.29) is 11.3 Å². The van der Waals surface area contributed by atoms with Gasteiger partial charge in [-0.25, -0.2) is 14.0 Å². The second-order valence-corrected chi connectivity index (χ2v) is 3.96. The van der Waals surface area contributed by atoms with E-state index < -0.39 is 30.0 Å². The molecular weight excluding hydrogens is 269 g/mol. The topological polar surface area (TPSA) is 122 Å². The second-order valence-electron chi connectivity index (χ2n) is 3.96. The highest BCUT2D eigenvalue weighted by atomic mass is 19.1. The summed E-state index contributed by atoms with van der Waals surface area (Å²) in [6.07, 6.45) is -1.32. The third kappa shape index (κ3) is 3.93. The number of nitrogens with zero attached hydrogens (tertiary/aromatic N) is 1. The molecule has 0 spiro atoms. The molecule has 0 fully saturated rings. The SMILES string of the molecule is CC(O)C(NC(=O)Nc1ccc(C#N)cc1F)C(=O)O. The minimum atomic E-state index is -1.52. The summed E-state index contributed by atoms with van der Waals surface area (Å²) in [5.74, 6) is -2.25. The fraction of sp³-hybridized carbons (Fsp3) is 0.250. The summed E-state index contributed by atoms with van der Waals surface area (Å²) in [7, 11) is 0. The number of rotatable bonds is 4. The molecule has 0 aliphatic carbocycles. The number of hydrogen-bond donors (Lipinski definition) is 4. The van der Waals surface area contributed by atoms with Crippen molar-refractivity contribution in [2.45, 2.75) is 19.1 Å². The summed E-state index contributed by atoms with van der Waals surface area (Å²) in [5, 5.41) is 30.6. The maximum absolute atomic E-state index is 13.5. The molecule has 7 nitrogen and oxygen atoms in total. The van der Waals surface area contributed by atoms with Crippen molar-refractivity contribution in [1.29, 1.82) is 5.26 Å². The Balaban J connectivity index is 2.76. The molecule has 1 rings (SSSR count). The van der Waals surface area contributed by atoms with Crippen molar-refractivity contribution in [3.8, 4) is 6.07 Å². The molecule has 0 heterocycles. The molecular formula is C12H12FN3O4. The van der Waals surface area contributed by atoms with E-state index in [1.54, 1.807) is 6.07 Å². The maximum atomic E-state index is 13.5. The average Bonchev–Trinajstić information content (AvgIpc) is 2.37. The number of amides is 2. The number of nitrogens with one attached hydrogen (secondary N) is 2. The molecule has 106 valence electrons. The number of carbonyl (C=O) groups is 2. The van der Waals surface area contributed by atoms with Crippen LogP contribution in [0.1, 0.15) is 12.5 Å². The lowest BCUT2D eigenvalue weighted by Gasteiger charge is -2.17. The second kappa shape index (κ2) is 6.49. The summed E-state index contributed by atoms with van der Waals surface area (Å²) >= 11 is 0. The number of aliphatic carboxylic acids is 1. The van der Waals surface area contributed by atoms with Crippen LogP contribution in [-0.4, -0.2) is 34.4 Å². The predicted octanol–water partition coefficient (Wildman–Crippen LogP) is 0.653. The Morgan fingerprint density at radius 3 is 2.55 bits per heavy atom. The van der Waals surface area contributed by atoms with Gasteiger partial charge in [-0.15, -0.1) is 0 Å². The fourth-order valence-electron chi connectivity index (χ4n) is 1.37. The molecule has 1 aromatic rings. The Morgan fingerprint density at radius 1 is 1.45 bits per heavy atom. The average molecular weight is 281 g/mol. The third-order valence-electron chi connectivity index (χ3n) is 2.38. The monoisotopic (exact) mass is 281 g/mol. The van der Waals surface area contributed by atoms with E-state index in [1.807, 2.05) is 5.32 Å². The quantitative estimate of drug-likeness (QED) is 0.645. The molecule has 2 atom stereocenters. The van der Waals surface area contributed by atoms with Crippen molar-refractivity contribution in [2.75, 3.05) is 5.32 Å². The number of carboxylic acid groups (broad SMARTS) is 1. The first kappa shape index (κ1) is 15.4. The molecule has 2 unspecified atom stereocenters. The largest absolute Gasteiger partial charge is 0.480 e. The number of carbonyl (C=O) groups excluding carboxylic acids is 1. The molecule has 4 N–H and O–H groups in total. The lowest BCUT2D eigenvalue weighted by atomic mass is 10.2. The molecule has 0 saturated carbocycles. The van der Waals surface area contributed by atoms with Crippen LogP contribution in [0.25, 0.3) is 0 Å². The van der Waals surface area contributed by atoms with E-state index in [0.717, 1.165) is 6.07 Å². The zero-order chi connectivity index (χ0) is 15.3. The van der Waals surface area contributed by atoms with Gasteiger partial charge in [-0.1, -0.05) is 0 Å². The first-order valence-electron chi connectivity index (χ1n) is 5.53. The Kier molecular flexibility index (Phi) is 5.00. The Morgan fingerprint density at radius 2 is 2.10 bits per heavy atom. The van der Waals surface area contributed by atoms with Gasteiger partial charge in [0, 0.05) is 0 Å². The molecule has 2 amide bonds. The number of aliphatic hydroxyl groups excluding tert-OH is 1. The summed E-state index contributed by atoms with van der Waals surface area (Å²) < 4.78 is 13.5. The molecule has 0 bridgehead atoms. The smallest absolute Gasteiger partial charge is 0.328 e. The highest BCUT2D eigenvalue weighted by Crippen LogP contribution is 2.15. The first-order chi connectivity index (χ1) is 9.35. The molecule has 20 heavy (non-hydrogen) atoms. The van der Waals surface area contributed by atoms with E-state index in [9.17, 15) is 19.1 Å². The van der Waals surface area contributed by atoms with Gasteiger partial charge in [0.15, 0.2) is 6.04 Å². The van der Waals surface area contributed by atoms with Crippen LogP contribution in [0.15, 0.2) is 18.2 Å². The molecule has 8 heteroatoms. The van der Waals surface area contributed by atoms with Crippen LogP contribution < -0.4 is 10.6 Å². The number of halogens is 1. The van der Waals surface area contributed by atoms with Crippen LogP contribution in [-0.2, 0) is 4.79 Å². The van der Waals surface area contributed by atoms with Crippen LogP contribution in [0.3, 0.4) is 0 Å². The van der Waals surface area contributed by atoms with Crippen molar-refractivity contribution in [3.63, 3.8) is 0 Å². The molecule has 0 aliphatic heterocycles. The zero-order valence-corrected chi connectivity index (χ0v) is 10.4. The van der Waals surface area contributed by atoms with Crippen LogP contribution in [0, 0.1) is 17.1 Å². The summed E-state index contributed by atoms with van der Waals surface area (Å²) in [4.78, 5) is 22.3. The van der Waals surface area contributed by atoms with Crippen LogP contribution in [0.2, 0.25) is 0 Å².